The van der Waals surface area contributed by atoms with Crippen LogP contribution in [0.2, 0.25) is 0 Å². The first-order valence-electron chi connectivity index (χ1n) is 4.23. The number of hydrogen-bond donors (Lipinski definition) is 1. The van der Waals surface area contributed by atoms with E-state index in [1.54, 1.807) is 0 Å². The van der Waals surface area contributed by atoms with Crippen LogP contribution in [0.25, 0.3) is 0 Å². The van der Waals surface area contributed by atoms with Gasteiger partial charge < -0.3 is 5.11 Å². The molecule has 1 aliphatic carbocycles. The predicted octanol–water partition coefficient (Wildman–Crippen LogP) is 2.05. The smallest absolute Gasteiger partial charge is 0.166 e. The first-order valence-corrected chi connectivity index (χ1v) is 4.23. The molecule has 1 N–H and O–H groups in total. The monoisotopic (exact) mass is 180 g/mol. The molecule has 2 nitrogen and oxygen atoms in total. The Morgan fingerprint density at radius 2 is 2.08 bits per heavy atom. The highest BCUT2D eigenvalue weighted by Gasteiger charge is 2.21. The molecule has 0 amide bonds. The Balaban J connectivity index is 2.63. The van der Waals surface area contributed by atoms with Crippen molar-refractivity contribution in [2.45, 2.75) is 19.3 Å². The molecule has 0 saturated carbocycles. The topological polar surface area (TPSA) is 37.3 Å². The Labute approximate surface area is 75.0 Å². The van der Waals surface area contributed by atoms with Crippen LogP contribution >= 0.6 is 0 Å². The van der Waals surface area contributed by atoms with Gasteiger partial charge in [0, 0.05) is 12.5 Å². The van der Waals surface area contributed by atoms with Crippen LogP contribution in [0.4, 0.5) is 4.39 Å². The van der Waals surface area contributed by atoms with Gasteiger partial charge in [0.1, 0.15) is 11.6 Å². The van der Waals surface area contributed by atoms with Gasteiger partial charge in [-0.05, 0) is 24.5 Å². The molecule has 3 heteroatoms. The van der Waals surface area contributed by atoms with Gasteiger partial charge in [0.15, 0.2) is 5.78 Å². The van der Waals surface area contributed by atoms with Gasteiger partial charge in [-0.1, -0.05) is 0 Å². The summed E-state index contributed by atoms with van der Waals surface area (Å²) in [5.41, 5.74) is 0.804. The number of halogens is 1. The van der Waals surface area contributed by atoms with Gasteiger partial charge in [0.2, 0.25) is 0 Å². The molecule has 1 aromatic carbocycles. The summed E-state index contributed by atoms with van der Waals surface area (Å²) in [5, 5.41) is 9.10. The molecule has 0 bridgehead atoms. The maximum atomic E-state index is 13.2. The second-order valence-electron chi connectivity index (χ2n) is 3.24. The second-order valence-corrected chi connectivity index (χ2v) is 3.24. The van der Waals surface area contributed by atoms with E-state index in [4.69, 9.17) is 5.11 Å². The Morgan fingerprint density at radius 1 is 1.31 bits per heavy atom. The van der Waals surface area contributed by atoms with E-state index in [9.17, 15) is 9.18 Å². The quantitative estimate of drug-likeness (QED) is 0.663. The van der Waals surface area contributed by atoms with Crippen LogP contribution in [0.15, 0.2) is 12.1 Å². The van der Waals surface area contributed by atoms with Gasteiger partial charge in [-0.15, -0.1) is 0 Å². The number of benzene rings is 1. The number of Topliss-reactive ketones (excluding diaryl/α,β-unsaturated/α-hetero) is 1. The van der Waals surface area contributed by atoms with Crippen molar-refractivity contribution >= 4 is 5.78 Å². The van der Waals surface area contributed by atoms with E-state index in [0.717, 1.165) is 12.5 Å². The van der Waals surface area contributed by atoms with E-state index in [2.05, 4.69) is 0 Å². The van der Waals surface area contributed by atoms with Gasteiger partial charge in [0.05, 0.1) is 5.56 Å². The van der Waals surface area contributed by atoms with Gasteiger partial charge in [-0.2, -0.15) is 0 Å². The number of ketones is 1. The van der Waals surface area contributed by atoms with E-state index in [-0.39, 0.29) is 17.1 Å². The van der Waals surface area contributed by atoms with Crippen LogP contribution in [0.5, 0.6) is 5.75 Å². The highest BCUT2D eigenvalue weighted by atomic mass is 19.1. The molecule has 0 aromatic heterocycles. The molecule has 13 heavy (non-hydrogen) atoms. The van der Waals surface area contributed by atoms with E-state index in [1.165, 1.54) is 6.07 Å². The van der Waals surface area contributed by atoms with Gasteiger partial charge in [-0.25, -0.2) is 4.39 Å². The fourth-order valence-electron chi connectivity index (χ4n) is 1.72. The number of aryl methyl sites for hydroxylation is 1. The van der Waals surface area contributed by atoms with Gasteiger partial charge in [0.25, 0.3) is 0 Å². The van der Waals surface area contributed by atoms with Crippen LogP contribution < -0.4 is 0 Å². The zero-order valence-corrected chi connectivity index (χ0v) is 7.01. The van der Waals surface area contributed by atoms with Crippen molar-refractivity contribution in [3.05, 3.63) is 29.1 Å². The lowest BCUT2D eigenvalue weighted by Crippen LogP contribution is -2.12. The van der Waals surface area contributed by atoms with E-state index < -0.39 is 5.82 Å². The van der Waals surface area contributed by atoms with Crippen LogP contribution in [0.3, 0.4) is 0 Å². The molecular formula is C10H9FO2. The number of phenols is 1. The minimum atomic E-state index is -0.597. The fourth-order valence-corrected chi connectivity index (χ4v) is 1.72. The summed E-state index contributed by atoms with van der Waals surface area (Å²) >= 11 is 0. The summed E-state index contributed by atoms with van der Waals surface area (Å²) in [6.45, 7) is 0. The average Bonchev–Trinajstić information content (AvgIpc) is 2.02. The number of fused-ring (bicyclic) bond motifs is 1. The Bertz CT molecular complexity index is 371. The summed E-state index contributed by atoms with van der Waals surface area (Å²) in [7, 11) is 0. The van der Waals surface area contributed by atoms with E-state index >= 15 is 0 Å². The molecule has 68 valence electrons. The second kappa shape index (κ2) is 2.83. The SMILES string of the molecule is O=C1CCCc2cc(O)cc(F)c21. The highest BCUT2D eigenvalue weighted by Crippen LogP contribution is 2.27. The summed E-state index contributed by atoms with van der Waals surface area (Å²) in [4.78, 5) is 11.3. The lowest BCUT2D eigenvalue weighted by molar-refractivity contribution is 0.0968. The third-order valence-electron chi connectivity index (χ3n) is 2.29. The van der Waals surface area contributed by atoms with E-state index in [1.807, 2.05) is 0 Å². The first kappa shape index (κ1) is 8.23. The number of aromatic hydroxyl groups is 1. The summed E-state index contributed by atoms with van der Waals surface area (Å²) < 4.78 is 13.2. The summed E-state index contributed by atoms with van der Waals surface area (Å²) in [5.74, 6) is -0.857. The van der Waals surface area contributed by atoms with Crippen molar-refractivity contribution in [2.24, 2.45) is 0 Å². The molecule has 0 saturated heterocycles. The van der Waals surface area contributed by atoms with Crippen LogP contribution in [-0.2, 0) is 6.42 Å². The van der Waals surface area contributed by atoms with Crippen molar-refractivity contribution in [1.29, 1.82) is 0 Å². The van der Waals surface area contributed by atoms with Gasteiger partial charge in [-0.3, -0.25) is 4.79 Å². The van der Waals surface area contributed by atoms with Crippen molar-refractivity contribution in [3.8, 4) is 5.75 Å². The van der Waals surface area contributed by atoms with Crippen molar-refractivity contribution in [3.63, 3.8) is 0 Å². The molecule has 1 aliphatic rings. The minimum absolute atomic E-state index is 0.106. The molecule has 2 rings (SSSR count). The molecule has 1 aromatic rings. The molecule has 0 aliphatic heterocycles. The molecular weight excluding hydrogens is 171 g/mol. The standard InChI is InChI=1S/C10H9FO2/c11-8-5-7(12)4-6-2-1-3-9(13)10(6)8/h4-5,12H,1-3H2. The average molecular weight is 180 g/mol. The van der Waals surface area contributed by atoms with Gasteiger partial charge >= 0.3 is 0 Å². The van der Waals surface area contributed by atoms with Crippen LogP contribution in [-0.4, -0.2) is 10.9 Å². The Morgan fingerprint density at radius 3 is 2.85 bits per heavy atom. The molecule has 0 heterocycles. The highest BCUT2D eigenvalue weighted by molar-refractivity contribution is 5.98. The number of carbonyl (C=O) groups is 1. The predicted molar refractivity (Wildman–Crippen MR) is 45.3 cm³/mol. The lowest BCUT2D eigenvalue weighted by atomic mass is 9.90. The van der Waals surface area contributed by atoms with E-state index in [0.29, 0.717) is 18.4 Å². The number of phenolic OH excluding ortho intramolecular Hbond substituents is 1. The van der Waals surface area contributed by atoms with Crippen molar-refractivity contribution in [1.82, 2.24) is 0 Å². The largest absolute Gasteiger partial charge is 0.508 e. The van der Waals surface area contributed by atoms with Crippen molar-refractivity contribution in [2.75, 3.05) is 0 Å². The molecule has 0 unspecified atom stereocenters. The molecule has 0 atom stereocenters. The van der Waals surface area contributed by atoms with Crippen LogP contribution in [0.1, 0.15) is 28.8 Å². The number of carbonyl (C=O) groups excluding carboxylic acids is 1. The normalized spacial score (nSPS) is 15.6. The van der Waals surface area contributed by atoms with Crippen molar-refractivity contribution < 1.29 is 14.3 Å². The number of hydrogen-bond acceptors (Lipinski definition) is 2. The maximum absolute atomic E-state index is 13.2. The lowest BCUT2D eigenvalue weighted by Gasteiger charge is -2.14. The third kappa shape index (κ3) is 1.30. The first-order chi connectivity index (χ1) is 6.18. The fraction of sp³-hybridized carbons (Fsp3) is 0.300. The Kier molecular flexibility index (Phi) is 1.79. The number of rotatable bonds is 0. The molecule has 0 radical (unpaired) electrons. The Hall–Kier alpha value is -1.38. The zero-order valence-electron chi connectivity index (χ0n) is 7.01. The van der Waals surface area contributed by atoms with Crippen LogP contribution in [0, 0.1) is 5.82 Å². The molecule has 0 fully saturated rings. The zero-order chi connectivity index (χ0) is 9.42. The minimum Gasteiger partial charge on any atom is -0.508 e. The third-order valence-corrected chi connectivity index (χ3v) is 2.29. The maximum Gasteiger partial charge on any atom is 0.166 e. The summed E-state index contributed by atoms with van der Waals surface area (Å²) in [6.07, 6.45) is 1.83. The molecule has 0 spiro atoms. The summed E-state index contributed by atoms with van der Waals surface area (Å²) in [6, 6.07) is 2.46.